The maximum Gasteiger partial charge on any atom is 0.264 e. The molecule has 0 amide bonds. The molecule has 0 saturated heterocycles. The van der Waals surface area contributed by atoms with Crippen LogP contribution in [0, 0.1) is 0 Å². The lowest BCUT2D eigenvalue weighted by atomic mass is 10.3. The van der Waals surface area contributed by atoms with E-state index in [1.807, 2.05) is 0 Å². The van der Waals surface area contributed by atoms with Gasteiger partial charge in [0.05, 0.1) is 15.5 Å². The van der Waals surface area contributed by atoms with Gasteiger partial charge in [0.1, 0.15) is 0 Å². The van der Waals surface area contributed by atoms with E-state index in [9.17, 15) is 16.8 Å². The topological polar surface area (TPSA) is 83.6 Å². The molecule has 3 aromatic rings. The third kappa shape index (κ3) is 5.99. The molecular weight excluding hydrogens is 479 g/mol. The van der Waals surface area contributed by atoms with E-state index in [2.05, 4.69) is 4.72 Å². The average Bonchev–Trinajstić information content (AvgIpc) is 2.74. The molecule has 0 aliphatic rings. The fourth-order valence-electron chi connectivity index (χ4n) is 2.84. The van der Waals surface area contributed by atoms with Crippen molar-refractivity contribution in [3.8, 4) is 0 Å². The summed E-state index contributed by atoms with van der Waals surface area (Å²) in [6, 6.07) is 20.3. The molecule has 0 unspecified atom stereocenters. The number of hydrogen-bond acceptors (Lipinski definition) is 4. The second-order valence-corrected chi connectivity index (χ2v) is 11.1. The number of hydrogen-bond donors (Lipinski definition) is 1. The maximum absolute atomic E-state index is 13.2. The third-order valence-electron chi connectivity index (χ3n) is 4.40. The van der Waals surface area contributed by atoms with Crippen molar-refractivity contribution in [1.29, 1.82) is 0 Å². The second-order valence-electron chi connectivity index (χ2n) is 6.57. The van der Waals surface area contributed by atoms with E-state index in [1.165, 1.54) is 52.8 Å². The van der Waals surface area contributed by atoms with Crippen molar-refractivity contribution in [2.75, 3.05) is 17.4 Å². The summed E-state index contributed by atoms with van der Waals surface area (Å²) in [5, 5.41) is 0.867. The molecule has 1 N–H and O–H groups in total. The molecular formula is C21H20Cl2N2O4S2. The van der Waals surface area contributed by atoms with Gasteiger partial charge in [-0.15, -0.1) is 0 Å². The van der Waals surface area contributed by atoms with Crippen LogP contribution in [-0.2, 0) is 20.0 Å². The molecule has 0 heterocycles. The zero-order valence-electron chi connectivity index (χ0n) is 16.3. The standard InChI is InChI=1S/C21H20Cl2N2O4S2/c22-17-7-11-20(12-8-17)30(26,27)24-15-4-16-25(19-5-2-1-3-6-19)31(28,29)21-13-9-18(23)10-14-21/h1-3,5-14,24H,4,15-16H2. The Labute approximate surface area is 192 Å². The van der Waals surface area contributed by atoms with Crippen molar-refractivity contribution >= 4 is 48.9 Å². The highest BCUT2D eigenvalue weighted by Crippen LogP contribution is 2.25. The average molecular weight is 499 g/mol. The van der Waals surface area contributed by atoms with E-state index in [1.54, 1.807) is 30.3 Å². The molecule has 10 heteroatoms. The van der Waals surface area contributed by atoms with Crippen LogP contribution >= 0.6 is 23.2 Å². The van der Waals surface area contributed by atoms with Gasteiger partial charge in [-0.3, -0.25) is 4.31 Å². The zero-order chi connectivity index (χ0) is 22.5. The van der Waals surface area contributed by atoms with E-state index in [-0.39, 0.29) is 29.3 Å². The van der Waals surface area contributed by atoms with Gasteiger partial charge in [0.2, 0.25) is 10.0 Å². The Kier molecular flexibility index (Phi) is 7.61. The van der Waals surface area contributed by atoms with Crippen LogP contribution in [0.25, 0.3) is 0 Å². The summed E-state index contributed by atoms with van der Waals surface area (Å²) in [4.78, 5) is 0.188. The molecule has 0 saturated carbocycles. The molecule has 0 bridgehead atoms. The summed E-state index contributed by atoms with van der Waals surface area (Å²) < 4.78 is 55.0. The first-order valence-electron chi connectivity index (χ1n) is 9.29. The fourth-order valence-corrected chi connectivity index (χ4v) is 5.67. The molecule has 3 aromatic carbocycles. The highest BCUT2D eigenvalue weighted by atomic mass is 35.5. The van der Waals surface area contributed by atoms with Crippen LogP contribution in [0.1, 0.15) is 6.42 Å². The predicted molar refractivity (Wildman–Crippen MR) is 124 cm³/mol. The number of nitrogens with one attached hydrogen (secondary N) is 1. The molecule has 0 aliphatic carbocycles. The summed E-state index contributed by atoms with van der Waals surface area (Å²) >= 11 is 11.7. The monoisotopic (exact) mass is 498 g/mol. The normalized spacial score (nSPS) is 11.9. The van der Waals surface area contributed by atoms with Crippen LogP contribution in [0.3, 0.4) is 0 Å². The summed E-state index contributed by atoms with van der Waals surface area (Å²) in [6.07, 6.45) is 0.258. The zero-order valence-corrected chi connectivity index (χ0v) is 19.4. The van der Waals surface area contributed by atoms with E-state index in [4.69, 9.17) is 23.2 Å². The summed E-state index contributed by atoms with van der Waals surface area (Å²) in [5.74, 6) is 0. The number of anilines is 1. The summed E-state index contributed by atoms with van der Waals surface area (Å²) in [6.45, 7) is 0.141. The van der Waals surface area contributed by atoms with Crippen LogP contribution in [-0.4, -0.2) is 29.9 Å². The molecule has 3 rings (SSSR count). The van der Waals surface area contributed by atoms with Gasteiger partial charge in [-0.2, -0.15) is 0 Å². The van der Waals surface area contributed by atoms with Crippen molar-refractivity contribution < 1.29 is 16.8 Å². The molecule has 0 aliphatic heterocycles. The lowest BCUT2D eigenvalue weighted by Gasteiger charge is -2.24. The minimum absolute atomic E-state index is 0.0600. The second kappa shape index (κ2) is 10.0. The largest absolute Gasteiger partial charge is 0.266 e. The van der Waals surface area contributed by atoms with Gasteiger partial charge < -0.3 is 0 Å². The van der Waals surface area contributed by atoms with Crippen molar-refractivity contribution in [1.82, 2.24) is 4.72 Å². The Bertz CT molecular complexity index is 1220. The molecule has 0 fully saturated rings. The molecule has 0 spiro atoms. The van der Waals surface area contributed by atoms with Crippen LogP contribution in [0.15, 0.2) is 88.7 Å². The van der Waals surface area contributed by atoms with Crippen molar-refractivity contribution in [2.45, 2.75) is 16.2 Å². The summed E-state index contributed by atoms with van der Waals surface area (Å²) in [7, 11) is -7.58. The minimum atomic E-state index is -3.86. The molecule has 0 radical (unpaired) electrons. The van der Waals surface area contributed by atoms with Crippen LogP contribution < -0.4 is 9.03 Å². The summed E-state index contributed by atoms with van der Waals surface area (Å²) in [5.41, 5.74) is 0.484. The molecule has 0 atom stereocenters. The number of nitrogens with zero attached hydrogens (tertiary/aromatic N) is 1. The van der Waals surface area contributed by atoms with Gasteiger partial charge >= 0.3 is 0 Å². The SMILES string of the molecule is O=S(=O)(NCCCN(c1ccccc1)S(=O)(=O)c1ccc(Cl)cc1)c1ccc(Cl)cc1. The van der Waals surface area contributed by atoms with Gasteiger partial charge in [0.15, 0.2) is 0 Å². The van der Waals surface area contributed by atoms with Gasteiger partial charge in [-0.05, 0) is 67.1 Å². The number of halogens is 2. The molecule has 31 heavy (non-hydrogen) atoms. The number of sulfonamides is 2. The Balaban J connectivity index is 1.74. The lowest BCUT2D eigenvalue weighted by molar-refractivity contribution is 0.578. The first-order chi connectivity index (χ1) is 14.7. The molecule has 6 nitrogen and oxygen atoms in total. The Morgan fingerprint density at radius 2 is 1.23 bits per heavy atom. The van der Waals surface area contributed by atoms with Crippen LogP contribution in [0.4, 0.5) is 5.69 Å². The van der Waals surface area contributed by atoms with Gasteiger partial charge in [0.25, 0.3) is 10.0 Å². The quantitative estimate of drug-likeness (QED) is 0.438. The van der Waals surface area contributed by atoms with Gasteiger partial charge in [-0.25, -0.2) is 21.6 Å². The Hall–Kier alpha value is -2.10. The van der Waals surface area contributed by atoms with Crippen molar-refractivity contribution in [3.05, 3.63) is 88.9 Å². The third-order valence-corrected chi connectivity index (χ3v) is 8.22. The predicted octanol–water partition coefficient (Wildman–Crippen LogP) is 4.56. The van der Waals surface area contributed by atoms with Gasteiger partial charge in [-0.1, -0.05) is 41.4 Å². The first-order valence-corrected chi connectivity index (χ1v) is 13.0. The van der Waals surface area contributed by atoms with E-state index < -0.39 is 20.0 Å². The maximum atomic E-state index is 13.2. The minimum Gasteiger partial charge on any atom is -0.266 e. The Morgan fingerprint density at radius 3 is 1.77 bits per heavy atom. The highest BCUT2D eigenvalue weighted by Gasteiger charge is 2.25. The highest BCUT2D eigenvalue weighted by molar-refractivity contribution is 7.92. The fraction of sp³-hybridized carbons (Fsp3) is 0.143. The van der Waals surface area contributed by atoms with E-state index in [0.717, 1.165) is 0 Å². The molecule has 164 valence electrons. The van der Waals surface area contributed by atoms with Crippen molar-refractivity contribution in [2.24, 2.45) is 0 Å². The number of rotatable bonds is 9. The van der Waals surface area contributed by atoms with Crippen LogP contribution in [0.5, 0.6) is 0 Å². The van der Waals surface area contributed by atoms with Crippen molar-refractivity contribution in [3.63, 3.8) is 0 Å². The van der Waals surface area contributed by atoms with Crippen LogP contribution in [0.2, 0.25) is 10.0 Å². The number of benzene rings is 3. The molecule has 0 aromatic heterocycles. The first kappa shape index (κ1) is 23.6. The smallest absolute Gasteiger partial charge is 0.264 e. The van der Waals surface area contributed by atoms with E-state index in [0.29, 0.717) is 15.7 Å². The Morgan fingerprint density at radius 1 is 0.710 bits per heavy atom. The van der Waals surface area contributed by atoms with Gasteiger partial charge in [0, 0.05) is 23.1 Å². The van der Waals surface area contributed by atoms with E-state index >= 15 is 0 Å². The lowest BCUT2D eigenvalue weighted by Crippen LogP contribution is -2.34. The number of para-hydroxylation sites is 1.